The maximum Gasteiger partial charge on any atom is 0.269 e. The molecule has 124 valence electrons. The Hall–Kier alpha value is -2.89. The molecule has 2 aromatic rings. The van der Waals surface area contributed by atoms with Gasteiger partial charge in [-0.1, -0.05) is 18.2 Å². The molecule has 1 heterocycles. The maximum atomic E-state index is 12.5. The van der Waals surface area contributed by atoms with E-state index in [1.54, 1.807) is 0 Å². The van der Waals surface area contributed by atoms with Crippen LogP contribution in [0.1, 0.15) is 42.2 Å². The minimum Gasteiger partial charge on any atom is -0.487 e. The minimum atomic E-state index is -0.487. The van der Waals surface area contributed by atoms with Crippen LogP contribution in [-0.2, 0) is 0 Å². The highest BCUT2D eigenvalue weighted by Crippen LogP contribution is 2.39. The molecule has 1 N–H and O–H groups in total. The van der Waals surface area contributed by atoms with E-state index in [0.717, 1.165) is 11.3 Å². The molecule has 1 aliphatic heterocycles. The summed E-state index contributed by atoms with van der Waals surface area (Å²) >= 11 is 0. The Morgan fingerprint density at radius 2 is 1.88 bits per heavy atom. The first-order valence-electron chi connectivity index (χ1n) is 7.69. The largest absolute Gasteiger partial charge is 0.487 e. The molecule has 0 saturated carbocycles. The molecule has 6 heteroatoms. The number of nitro groups is 1. The van der Waals surface area contributed by atoms with Crippen molar-refractivity contribution in [2.45, 2.75) is 31.9 Å². The second-order valence-electron chi connectivity index (χ2n) is 6.43. The van der Waals surface area contributed by atoms with E-state index in [-0.39, 0.29) is 23.2 Å². The Kier molecular flexibility index (Phi) is 3.97. The van der Waals surface area contributed by atoms with E-state index in [1.165, 1.54) is 24.3 Å². The highest BCUT2D eigenvalue weighted by atomic mass is 16.6. The normalized spacial score (nSPS) is 18.2. The number of non-ortho nitro benzene ring substituents is 1. The van der Waals surface area contributed by atoms with E-state index < -0.39 is 4.92 Å². The highest BCUT2D eigenvalue weighted by molar-refractivity contribution is 5.94. The Bertz CT molecular complexity index is 784. The van der Waals surface area contributed by atoms with Gasteiger partial charge in [-0.05, 0) is 32.0 Å². The van der Waals surface area contributed by atoms with Crippen molar-refractivity contribution in [1.82, 2.24) is 5.32 Å². The second kappa shape index (κ2) is 5.96. The number of ether oxygens (including phenoxy) is 1. The molecule has 6 nitrogen and oxygen atoms in total. The van der Waals surface area contributed by atoms with Crippen LogP contribution in [0.2, 0.25) is 0 Å². The van der Waals surface area contributed by atoms with Gasteiger partial charge >= 0.3 is 0 Å². The van der Waals surface area contributed by atoms with Crippen molar-refractivity contribution in [3.05, 3.63) is 69.8 Å². The van der Waals surface area contributed by atoms with Gasteiger partial charge in [-0.25, -0.2) is 0 Å². The third-order valence-corrected chi connectivity index (χ3v) is 4.02. The number of hydrogen-bond donors (Lipinski definition) is 1. The summed E-state index contributed by atoms with van der Waals surface area (Å²) < 4.78 is 5.95. The van der Waals surface area contributed by atoms with Gasteiger partial charge in [0.2, 0.25) is 0 Å². The summed E-state index contributed by atoms with van der Waals surface area (Å²) in [6.45, 7) is 3.96. The molecule has 0 aromatic heterocycles. The number of hydrogen-bond acceptors (Lipinski definition) is 4. The molecular weight excluding hydrogens is 308 g/mol. The molecular formula is C18H18N2O4. The van der Waals surface area contributed by atoms with Gasteiger partial charge in [0.25, 0.3) is 11.6 Å². The van der Waals surface area contributed by atoms with Gasteiger partial charge in [0, 0.05) is 29.7 Å². The van der Waals surface area contributed by atoms with Crippen molar-refractivity contribution in [3.8, 4) is 5.75 Å². The average Bonchev–Trinajstić information content (AvgIpc) is 2.53. The van der Waals surface area contributed by atoms with Crippen LogP contribution in [0.4, 0.5) is 5.69 Å². The number of carbonyl (C=O) groups excluding carboxylic acids is 1. The second-order valence-corrected chi connectivity index (χ2v) is 6.43. The highest BCUT2D eigenvalue weighted by Gasteiger charge is 2.34. The first kappa shape index (κ1) is 16.0. The number of nitro benzene ring substituents is 1. The van der Waals surface area contributed by atoms with E-state index in [9.17, 15) is 14.9 Å². The molecule has 2 aromatic carbocycles. The van der Waals surface area contributed by atoms with Crippen LogP contribution in [0.15, 0.2) is 48.5 Å². The lowest BCUT2D eigenvalue weighted by atomic mass is 9.89. The number of carbonyl (C=O) groups is 1. The summed E-state index contributed by atoms with van der Waals surface area (Å²) in [5.41, 5.74) is 0.903. The van der Waals surface area contributed by atoms with Crippen LogP contribution in [0, 0.1) is 10.1 Å². The zero-order chi connectivity index (χ0) is 17.3. The topological polar surface area (TPSA) is 81.5 Å². The van der Waals surface area contributed by atoms with Crippen LogP contribution in [0.25, 0.3) is 0 Å². The molecule has 3 rings (SSSR count). The molecule has 1 atom stereocenters. The summed E-state index contributed by atoms with van der Waals surface area (Å²) in [7, 11) is 0. The van der Waals surface area contributed by atoms with Crippen LogP contribution in [0.5, 0.6) is 5.75 Å². The van der Waals surface area contributed by atoms with Gasteiger partial charge < -0.3 is 10.1 Å². The van der Waals surface area contributed by atoms with E-state index in [0.29, 0.717) is 12.0 Å². The molecule has 0 fully saturated rings. The van der Waals surface area contributed by atoms with Crippen LogP contribution in [-0.4, -0.2) is 16.4 Å². The summed E-state index contributed by atoms with van der Waals surface area (Å²) in [5, 5.41) is 13.7. The number of para-hydroxylation sites is 1. The summed E-state index contributed by atoms with van der Waals surface area (Å²) in [6, 6.07) is 13.0. The Labute approximate surface area is 139 Å². The number of fused-ring (bicyclic) bond motifs is 1. The molecule has 0 unspecified atom stereocenters. The fourth-order valence-electron chi connectivity index (χ4n) is 2.91. The van der Waals surface area contributed by atoms with E-state index in [4.69, 9.17) is 4.74 Å². The predicted octanol–water partition coefficient (Wildman–Crippen LogP) is 3.63. The van der Waals surface area contributed by atoms with E-state index in [2.05, 4.69) is 5.32 Å². The predicted molar refractivity (Wildman–Crippen MR) is 89.1 cm³/mol. The van der Waals surface area contributed by atoms with Crippen molar-refractivity contribution >= 4 is 11.6 Å². The lowest BCUT2D eigenvalue weighted by Crippen LogP contribution is -2.41. The van der Waals surface area contributed by atoms with Crippen LogP contribution < -0.4 is 10.1 Å². The van der Waals surface area contributed by atoms with Gasteiger partial charge in [-0.2, -0.15) is 0 Å². The molecule has 1 aliphatic rings. The Morgan fingerprint density at radius 1 is 1.21 bits per heavy atom. The monoisotopic (exact) mass is 326 g/mol. The number of rotatable bonds is 3. The third-order valence-electron chi connectivity index (χ3n) is 4.02. The van der Waals surface area contributed by atoms with Gasteiger partial charge in [-0.15, -0.1) is 0 Å². The van der Waals surface area contributed by atoms with E-state index >= 15 is 0 Å². The zero-order valence-electron chi connectivity index (χ0n) is 13.5. The number of nitrogens with one attached hydrogen (secondary N) is 1. The molecule has 0 radical (unpaired) electrons. The Morgan fingerprint density at radius 3 is 2.54 bits per heavy atom. The fraction of sp³-hybridized carbons (Fsp3) is 0.278. The molecule has 24 heavy (non-hydrogen) atoms. The quantitative estimate of drug-likeness (QED) is 0.690. The first-order chi connectivity index (χ1) is 11.4. The molecule has 0 spiro atoms. The lowest BCUT2D eigenvalue weighted by Gasteiger charge is -2.37. The van der Waals surface area contributed by atoms with Crippen molar-refractivity contribution in [2.75, 3.05) is 0 Å². The van der Waals surface area contributed by atoms with Gasteiger partial charge in [0.1, 0.15) is 11.4 Å². The van der Waals surface area contributed by atoms with Crippen molar-refractivity contribution in [1.29, 1.82) is 0 Å². The SMILES string of the molecule is CC1(C)C[C@H](NC(=O)c2ccc([N+](=O)[O-])cc2)c2ccccc2O1. The first-order valence-corrected chi connectivity index (χ1v) is 7.69. The van der Waals surface area contributed by atoms with Crippen LogP contribution in [0.3, 0.4) is 0 Å². The van der Waals surface area contributed by atoms with E-state index in [1.807, 2.05) is 38.1 Å². The summed E-state index contributed by atoms with van der Waals surface area (Å²) in [4.78, 5) is 22.7. The van der Waals surface area contributed by atoms with Crippen molar-refractivity contribution < 1.29 is 14.5 Å². The van der Waals surface area contributed by atoms with Crippen molar-refractivity contribution in [2.24, 2.45) is 0 Å². The smallest absolute Gasteiger partial charge is 0.269 e. The minimum absolute atomic E-state index is 0.0379. The molecule has 1 amide bonds. The van der Waals surface area contributed by atoms with Crippen molar-refractivity contribution in [3.63, 3.8) is 0 Å². The maximum absolute atomic E-state index is 12.5. The van der Waals surface area contributed by atoms with Gasteiger partial charge in [-0.3, -0.25) is 14.9 Å². The number of benzene rings is 2. The van der Waals surface area contributed by atoms with Gasteiger partial charge in [0.15, 0.2) is 0 Å². The zero-order valence-corrected chi connectivity index (χ0v) is 13.5. The standard InChI is InChI=1S/C18H18N2O4/c1-18(2)11-15(14-5-3-4-6-16(14)24-18)19-17(21)12-7-9-13(10-8-12)20(22)23/h3-10,15H,11H2,1-2H3,(H,19,21)/t15-/m0/s1. The third kappa shape index (κ3) is 3.22. The van der Waals surface area contributed by atoms with Crippen LogP contribution >= 0.6 is 0 Å². The number of nitrogens with zero attached hydrogens (tertiary/aromatic N) is 1. The molecule has 0 saturated heterocycles. The average molecular weight is 326 g/mol. The fourth-order valence-corrected chi connectivity index (χ4v) is 2.91. The van der Waals surface area contributed by atoms with Gasteiger partial charge in [0.05, 0.1) is 11.0 Å². The number of amides is 1. The Balaban J connectivity index is 1.82. The lowest BCUT2D eigenvalue weighted by molar-refractivity contribution is -0.384. The molecule has 0 bridgehead atoms. The molecule has 0 aliphatic carbocycles. The summed E-state index contributed by atoms with van der Waals surface area (Å²) in [5.74, 6) is 0.505. The summed E-state index contributed by atoms with van der Waals surface area (Å²) in [6.07, 6.45) is 0.642.